The largest absolute Gasteiger partial charge is 0.459 e. The summed E-state index contributed by atoms with van der Waals surface area (Å²) < 4.78 is 17.1. The molecule has 0 aliphatic heterocycles. The van der Waals surface area contributed by atoms with Crippen molar-refractivity contribution in [1.82, 2.24) is 0 Å². The summed E-state index contributed by atoms with van der Waals surface area (Å²) >= 11 is 0. The maximum absolute atomic E-state index is 5.78. The minimum atomic E-state index is 0.0822. The minimum Gasteiger partial charge on any atom is -0.459 e. The summed E-state index contributed by atoms with van der Waals surface area (Å²) in [6.45, 7) is 4.69. The molecule has 3 rings (SSSR count). The Morgan fingerprint density at radius 2 is 1.06 bits per heavy atom. The number of amidine groups is 2. The van der Waals surface area contributed by atoms with Crippen LogP contribution in [0.25, 0.3) is 0 Å². The van der Waals surface area contributed by atoms with Crippen molar-refractivity contribution >= 4 is 18.8 Å². The smallest absolute Gasteiger partial charge is 0.320 e. The first-order valence-corrected chi connectivity index (χ1v) is 9.88. The van der Waals surface area contributed by atoms with Gasteiger partial charge in [-0.1, -0.05) is 91.0 Å². The molecule has 0 atom stereocenters. The van der Waals surface area contributed by atoms with Gasteiger partial charge in [0.05, 0.1) is 6.61 Å². The van der Waals surface area contributed by atoms with Crippen LogP contribution >= 0.6 is 0 Å². The standard InChI is InChI=1S/C25H25N3O3/c1-26-24(30-18-22-13-7-3-8-14-22)28-25(31-19-23-15-9-4-10-16-23)27-20-29-17-21-11-5-2-6-12-21/h2-16H,1,17-20H2. The molecule has 158 valence electrons. The SMILES string of the molecule is C=NC(=NC(=NCOCc1ccccc1)OCc1ccccc1)OCc1ccccc1. The Labute approximate surface area is 182 Å². The Morgan fingerprint density at radius 3 is 1.55 bits per heavy atom. The molecular weight excluding hydrogens is 390 g/mol. The number of ether oxygens (including phenoxy) is 3. The summed E-state index contributed by atoms with van der Waals surface area (Å²) in [7, 11) is 0. The van der Waals surface area contributed by atoms with Crippen molar-refractivity contribution in [2.45, 2.75) is 19.8 Å². The molecule has 0 amide bonds. The molecule has 0 saturated carbocycles. The lowest BCUT2D eigenvalue weighted by Crippen LogP contribution is -2.10. The van der Waals surface area contributed by atoms with Gasteiger partial charge in [0, 0.05) is 0 Å². The fourth-order valence-electron chi connectivity index (χ4n) is 2.59. The Kier molecular flexibility index (Phi) is 9.00. The highest BCUT2D eigenvalue weighted by Crippen LogP contribution is 2.06. The van der Waals surface area contributed by atoms with Gasteiger partial charge in [0.2, 0.25) is 0 Å². The zero-order valence-electron chi connectivity index (χ0n) is 17.3. The number of hydrogen-bond acceptors (Lipinski definition) is 4. The van der Waals surface area contributed by atoms with Crippen molar-refractivity contribution in [1.29, 1.82) is 0 Å². The lowest BCUT2D eigenvalue weighted by Gasteiger charge is -2.09. The number of aliphatic imine (C=N–C) groups is 3. The third-order valence-electron chi connectivity index (χ3n) is 4.15. The predicted molar refractivity (Wildman–Crippen MR) is 123 cm³/mol. The molecule has 0 N–H and O–H groups in total. The molecule has 0 aliphatic carbocycles. The van der Waals surface area contributed by atoms with Crippen LogP contribution in [0.15, 0.2) is 106 Å². The fourth-order valence-corrected chi connectivity index (χ4v) is 2.59. The van der Waals surface area contributed by atoms with Crippen molar-refractivity contribution < 1.29 is 14.2 Å². The average molecular weight is 415 g/mol. The molecule has 0 heterocycles. The lowest BCUT2D eigenvalue weighted by molar-refractivity contribution is 0.126. The van der Waals surface area contributed by atoms with E-state index in [2.05, 4.69) is 21.7 Å². The topological polar surface area (TPSA) is 64.8 Å². The first-order valence-electron chi connectivity index (χ1n) is 9.88. The van der Waals surface area contributed by atoms with Crippen LogP contribution in [-0.2, 0) is 34.0 Å². The molecule has 31 heavy (non-hydrogen) atoms. The van der Waals surface area contributed by atoms with E-state index in [1.54, 1.807) is 0 Å². The quantitative estimate of drug-likeness (QED) is 0.295. The molecule has 0 spiro atoms. The third kappa shape index (κ3) is 8.24. The molecule has 0 aromatic heterocycles. The lowest BCUT2D eigenvalue weighted by atomic mass is 10.2. The summed E-state index contributed by atoms with van der Waals surface area (Å²) in [5.74, 6) is 0. The van der Waals surface area contributed by atoms with Crippen molar-refractivity contribution in [2.24, 2.45) is 15.0 Å². The predicted octanol–water partition coefficient (Wildman–Crippen LogP) is 5.01. The van der Waals surface area contributed by atoms with Crippen LogP contribution < -0.4 is 0 Å². The van der Waals surface area contributed by atoms with Gasteiger partial charge in [-0.25, -0.2) is 9.98 Å². The highest BCUT2D eigenvalue weighted by atomic mass is 16.5. The second-order valence-corrected chi connectivity index (χ2v) is 6.50. The van der Waals surface area contributed by atoms with E-state index in [9.17, 15) is 0 Å². The fraction of sp³-hybridized carbons (Fsp3) is 0.160. The molecule has 0 unspecified atom stereocenters. The van der Waals surface area contributed by atoms with E-state index in [4.69, 9.17) is 14.2 Å². The van der Waals surface area contributed by atoms with E-state index < -0.39 is 0 Å². The number of hydrogen-bond donors (Lipinski definition) is 0. The first kappa shape index (κ1) is 21.9. The van der Waals surface area contributed by atoms with Crippen LogP contribution in [0.5, 0.6) is 0 Å². The van der Waals surface area contributed by atoms with E-state index in [-0.39, 0.29) is 18.8 Å². The molecule has 6 nitrogen and oxygen atoms in total. The van der Waals surface area contributed by atoms with E-state index in [1.807, 2.05) is 91.0 Å². The van der Waals surface area contributed by atoms with Gasteiger partial charge in [-0.2, -0.15) is 0 Å². The van der Waals surface area contributed by atoms with Gasteiger partial charge in [0.1, 0.15) is 19.9 Å². The maximum Gasteiger partial charge on any atom is 0.320 e. The summed E-state index contributed by atoms with van der Waals surface area (Å²) in [4.78, 5) is 12.4. The molecule has 6 heteroatoms. The van der Waals surface area contributed by atoms with Gasteiger partial charge in [-0.15, -0.1) is 4.99 Å². The van der Waals surface area contributed by atoms with Crippen molar-refractivity contribution in [3.63, 3.8) is 0 Å². The molecule has 0 aliphatic rings. The van der Waals surface area contributed by atoms with E-state index >= 15 is 0 Å². The van der Waals surface area contributed by atoms with Crippen molar-refractivity contribution in [3.8, 4) is 0 Å². The summed E-state index contributed by atoms with van der Waals surface area (Å²) in [5.41, 5.74) is 3.05. The Morgan fingerprint density at radius 1 is 0.613 bits per heavy atom. The molecular formula is C25H25N3O3. The van der Waals surface area contributed by atoms with E-state index in [0.717, 1.165) is 16.7 Å². The molecule has 0 radical (unpaired) electrons. The highest BCUT2D eigenvalue weighted by molar-refractivity contribution is 5.91. The monoisotopic (exact) mass is 415 g/mol. The molecule has 0 saturated heterocycles. The van der Waals surface area contributed by atoms with Crippen LogP contribution in [0.3, 0.4) is 0 Å². The molecule has 0 bridgehead atoms. The van der Waals surface area contributed by atoms with Gasteiger partial charge < -0.3 is 14.2 Å². The van der Waals surface area contributed by atoms with Gasteiger partial charge in [-0.3, -0.25) is 0 Å². The average Bonchev–Trinajstić information content (AvgIpc) is 2.84. The number of rotatable bonds is 8. The Balaban J connectivity index is 1.63. The number of benzene rings is 3. The third-order valence-corrected chi connectivity index (χ3v) is 4.15. The van der Waals surface area contributed by atoms with Crippen LogP contribution in [0.1, 0.15) is 16.7 Å². The Hall–Kier alpha value is -3.77. The summed E-state index contributed by atoms with van der Waals surface area (Å²) in [6, 6.07) is 29.6. The highest BCUT2D eigenvalue weighted by Gasteiger charge is 2.05. The van der Waals surface area contributed by atoms with Crippen LogP contribution in [0.4, 0.5) is 0 Å². The zero-order valence-corrected chi connectivity index (χ0v) is 17.3. The molecule has 0 fully saturated rings. The second kappa shape index (κ2) is 12.7. The second-order valence-electron chi connectivity index (χ2n) is 6.50. The summed E-state index contributed by atoms with van der Waals surface area (Å²) in [6.07, 6.45) is 0. The molecule has 3 aromatic rings. The van der Waals surface area contributed by atoms with Crippen LogP contribution in [0, 0.1) is 0 Å². The van der Waals surface area contributed by atoms with Crippen LogP contribution in [-0.4, -0.2) is 25.5 Å². The normalized spacial score (nSPS) is 11.7. The van der Waals surface area contributed by atoms with E-state index in [1.165, 1.54) is 0 Å². The van der Waals surface area contributed by atoms with Gasteiger partial charge in [0.25, 0.3) is 0 Å². The van der Waals surface area contributed by atoms with Crippen molar-refractivity contribution in [3.05, 3.63) is 108 Å². The van der Waals surface area contributed by atoms with Gasteiger partial charge in [0.15, 0.2) is 0 Å². The summed E-state index contributed by atoms with van der Waals surface area (Å²) in [5, 5.41) is 0. The molecule has 3 aromatic carbocycles. The van der Waals surface area contributed by atoms with Gasteiger partial charge >= 0.3 is 12.0 Å². The first-order chi connectivity index (χ1) is 15.3. The van der Waals surface area contributed by atoms with Crippen molar-refractivity contribution in [2.75, 3.05) is 6.73 Å². The Bertz CT molecular complexity index is 975. The maximum atomic E-state index is 5.78. The minimum absolute atomic E-state index is 0.0822. The van der Waals surface area contributed by atoms with Gasteiger partial charge in [-0.05, 0) is 23.4 Å². The zero-order chi connectivity index (χ0) is 21.6. The van der Waals surface area contributed by atoms with E-state index in [0.29, 0.717) is 19.8 Å². The van der Waals surface area contributed by atoms with Crippen LogP contribution in [0.2, 0.25) is 0 Å². The number of nitrogens with zero attached hydrogens (tertiary/aromatic N) is 3.